The Morgan fingerprint density at radius 3 is 2.84 bits per heavy atom. The Morgan fingerprint density at radius 2 is 2.16 bits per heavy atom. The van der Waals surface area contributed by atoms with Crippen molar-refractivity contribution in [3.05, 3.63) is 24.3 Å². The number of benzene rings is 1. The fourth-order valence-electron chi connectivity index (χ4n) is 2.16. The maximum Gasteiger partial charge on any atom is 0.227 e. The van der Waals surface area contributed by atoms with Crippen LogP contribution in [0.2, 0.25) is 0 Å². The SMILES string of the molecule is CCSc1cccc(NC(=O)C2CCNCC2)c1.Cl. The van der Waals surface area contributed by atoms with Gasteiger partial charge < -0.3 is 10.6 Å². The number of anilines is 1. The van der Waals surface area contributed by atoms with Crippen LogP contribution in [0.15, 0.2) is 29.2 Å². The molecule has 0 atom stereocenters. The van der Waals surface area contributed by atoms with Gasteiger partial charge in [-0.3, -0.25) is 4.79 Å². The highest BCUT2D eigenvalue weighted by molar-refractivity contribution is 7.99. The Balaban J connectivity index is 0.00000180. The van der Waals surface area contributed by atoms with Crippen LogP contribution in [-0.2, 0) is 4.79 Å². The summed E-state index contributed by atoms with van der Waals surface area (Å²) < 4.78 is 0. The second-order valence-electron chi connectivity index (χ2n) is 4.47. The van der Waals surface area contributed by atoms with Gasteiger partial charge in [0.25, 0.3) is 0 Å². The molecule has 1 heterocycles. The van der Waals surface area contributed by atoms with Gasteiger partial charge in [0.2, 0.25) is 5.91 Å². The molecule has 1 aromatic carbocycles. The molecule has 1 amide bonds. The molecule has 1 fully saturated rings. The lowest BCUT2D eigenvalue weighted by molar-refractivity contribution is -0.120. The van der Waals surface area contributed by atoms with Crippen LogP contribution in [0, 0.1) is 5.92 Å². The van der Waals surface area contributed by atoms with E-state index in [9.17, 15) is 4.79 Å². The number of rotatable bonds is 4. The van der Waals surface area contributed by atoms with Crippen molar-refractivity contribution in [1.82, 2.24) is 5.32 Å². The van der Waals surface area contributed by atoms with Crippen molar-refractivity contribution in [2.75, 3.05) is 24.2 Å². The molecule has 106 valence electrons. The zero-order valence-electron chi connectivity index (χ0n) is 11.1. The highest BCUT2D eigenvalue weighted by Crippen LogP contribution is 2.22. The first-order chi connectivity index (χ1) is 8.79. The first-order valence-corrected chi connectivity index (χ1v) is 7.52. The predicted molar refractivity (Wildman–Crippen MR) is 84.3 cm³/mol. The van der Waals surface area contributed by atoms with Crippen LogP contribution in [0.4, 0.5) is 5.69 Å². The molecule has 0 aliphatic carbocycles. The standard InChI is InChI=1S/C14H20N2OS.ClH/c1-2-18-13-5-3-4-12(10-13)16-14(17)11-6-8-15-9-7-11;/h3-5,10-11,15H,2,6-9H2,1H3,(H,16,17);1H. The summed E-state index contributed by atoms with van der Waals surface area (Å²) in [6.45, 7) is 4.03. The minimum Gasteiger partial charge on any atom is -0.326 e. The molecular weight excluding hydrogens is 280 g/mol. The zero-order valence-corrected chi connectivity index (χ0v) is 12.8. The van der Waals surface area contributed by atoms with Crippen molar-refractivity contribution in [3.63, 3.8) is 0 Å². The summed E-state index contributed by atoms with van der Waals surface area (Å²) in [5, 5.41) is 6.31. The van der Waals surface area contributed by atoms with Gasteiger partial charge in [0.05, 0.1) is 0 Å². The highest BCUT2D eigenvalue weighted by Gasteiger charge is 2.20. The van der Waals surface area contributed by atoms with E-state index in [2.05, 4.69) is 23.6 Å². The smallest absolute Gasteiger partial charge is 0.227 e. The molecule has 0 spiro atoms. The monoisotopic (exact) mass is 300 g/mol. The Hall–Kier alpha value is -0.710. The first-order valence-electron chi connectivity index (χ1n) is 6.54. The van der Waals surface area contributed by atoms with Crippen LogP contribution >= 0.6 is 24.2 Å². The van der Waals surface area contributed by atoms with Crippen LogP contribution in [-0.4, -0.2) is 24.7 Å². The quantitative estimate of drug-likeness (QED) is 0.839. The molecule has 0 unspecified atom stereocenters. The van der Waals surface area contributed by atoms with E-state index in [1.165, 1.54) is 4.90 Å². The van der Waals surface area contributed by atoms with Crippen molar-refractivity contribution in [2.24, 2.45) is 5.92 Å². The van der Waals surface area contributed by atoms with E-state index in [1.54, 1.807) is 11.8 Å². The number of thioether (sulfide) groups is 1. The van der Waals surface area contributed by atoms with Gasteiger partial charge in [-0.15, -0.1) is 24.2 Å². The van der Waals surface area contributed by atoms with Gasteiger partial charge in [-0.05, 0) is 49.9 Å². The first kappa shape index (κ1) is 16.3. The lowest BCUT2D eigenvalue weighted by Gasteiger charge is -2.21. The average Bonchev–Trinajstić information content (AvgIpc) is 2.40. The van der Waals surface area contributed by atoms with E-state index in [0.717, 1.165) is 37.4 Å². The lowest BCUT2D eigenvalue weighted by Crippen LogP contribution is -2.34. The molecule has 2 rings (SSSR count). The van der Waals surface area contributed by atoms with E-state index < -0.39 is 0 Å². The van der Waals surface area contributed by atoms with E-state index >= 15 is 0 Å². The Kier molecular flexibility index (Phi) is 7.28. The second-order valence-corrected chi connectivity index (χ2v) is 5.81. The third-order valence-electron chi connectivity index (χ3n) is 3.12. The number of carbonyl (C=O) groups is 1. The molecule has 1 aliphatic heterocycles. The van der Waals surface area contributed by atoms with Crippen LogP contribution < -0.4 is 10.6 Å². The van der Waals surface area contributed by atoms with Crippen LogP contribution in [0.25, 0.3) is 0 Å². The summed E-state index contributed by atoms with van der Waals surface area (Å²) in [6.07, 6.45) is 1.88. The summed E-state index contributed by atoms with van der Waals surface area (Å²) in [5.41, 5.74) is 0.914. The molecule has 2 N–H and O–H groups in total. The molecule has 19 heavy (non-hydrogen) atoms. The van der Waals surface area contributed by atoms with Crippen molar-refractivity contribution in [3.8, 4) is 0 Å². The fourth-order valence-corrected chi connectivity index (χ4v) is 2.88. The maximum atomic E-state index is 12.1. The van der Waals surface area contributed by atoms with Crippen molar-refractivity contribution < 1.29 is 4.79 Å². The summed E-state index contributed by atoms with van der Waals surface area (Å²) in [4.78, 5) is 13.3. The average molecular weight is 301 g/mol. The van der Waals surface area contributed by atoms with Gasteiger partial charge >= 0.3 is 0 Å². The Labute approximate surface area is 125 Å². The van der Waals surface area contributed by atoms with Gasteiger partial charge in [-0.25, -0.2) is 0 Å². The highest BCUT2D eigenvalue weighted by atomic mass is 35.5. The van der Waals surface area contributed by atoms with E-state index in [4.69, 9.17) is 0 Å². The van der Waals surface area contributed by atoms with Crippen molar-refractivity contribution in [1.29, 1.82) is 0 Å². The van der Waals surface area contributed by atoms with Gasteiger partial charge in [0.15, 0.2) is 0 Å². The molecule has 0 saturated carbocycles. The Bertz CT molecular complexity index is 408. The largest absolute Gasteiger partial charge is 0.326 e. The van der Waals surface area contributed by atoms with Gasteiger partial charge in [0.1, 0.15) is 0 Å². The molecule has 5 heteroatoms. The number of hydrogen-bond acceptors (Lipinski definition) is 3. The number of halogens is 1. The normalized spacial score (nSPS) is 15.6. The Morgan fingerprint density at radius 1 is 1.42 bits per heavy atom. The van der Waals surface area contributed by atoms with Crippen LogP contribution in [0.1, 0.15) is 19.8 Å². The number of piperidine rings is 1. The summed E-state index contributed by atoms with van der Waals surface area (Å²) >= 11 is 1.79. The van der Waals surface area contributed by atoms with Gasteiger partial charge in [0, 0.05) is 16.5 Å². The number of amides is 1. The second kappa shape index (κ2) is 8.46. The molecule has 1 aliphatic rings. The molecule has 1 aromatic rings. The molecule has 0 radical (unpaired) electrons. The molecular formula is C14H21ClN2OS. The third kappa shape index (κ3) is 5.05. The molecule has 1 saturated heterocycles. The van der Waals surface area contributed by atoms with Crippen molar-refractivity contribution in [2.45, 2.75) is 24.7 Å². The minimum atomic E-state index is 0. The number of hydrogen-bond donors (Lipinski definition) is 2. The van der Waals surface area contributed by atoms with Gasteiger partial charge in [-0.1, -0.05) is 13.0 Å². The summed E-state index contributed by atoms with van der Waals surface area (Å²) in [5.74, 6) is 1.37. The molecule has 0 aromatic heterocycles. The molecule has 3 nitrogen and oxygen atoms in total. The molecule has 0 bridgehead atoms. The van der Waals surface area contributed by atoms with Gasteiger partial charge in [-0.2, -0.15) is 0 Å². The summed E-state index contributed by atoms with van der Waals surface area (Å²) in [7, 11) is 0. The minimum absolute atomic E-state index is 0. The number of carbonyl (C=O) groups excluding carboxylic acids is 1. The number of nitrogens with one attached hydrogen (secondary N) is 2. The fraction of sp³-hybridized carbons (Fsp3) is 0.500. The predicted octanol–water partition coefficient (Wildman–Crippen LogP) is 3.16. The maximum absolute atomic E-state index is 12.1. The van der Waals surface area contributed by atoms with E-state index in [1.807, 2.05) is 18.2 Å². The lowest BCUT2D eigenvalue weighted by atomic mass is 9.97. The van der Waals surface area contributed by atoms with Crippen LogP contribution in [0.5, 0.6) is 0 Å². The topological polar surface area (TPSA) is 41.1 Å². The van der Waals surface area contributed by atoms with Crippen LogP contribution in [0.3, 0.4) is 0 Å². The van der Waals surface area contributed by atoms with E-state index in [0.29, 0.717) is 0 Å². The summed E-state index contributed by atoms with van der Waals surface area (Å²) in [6, 6.07) is 8.08. The van der Waals surface area contributed by atoms with Crippen molar-refractivity contribution >= 4 is 35.8 Å². The third-order valence-corrected chi connectivity index (χ3v) is 4.00. The zero-order chi connectivity index (χ0) is 12.8. The van der Waals surface area contributed by atoms with E-state index in [-0.39, 0.29) is 24.2 Å².